The first kappa shape index (κ1) is 15.3. The maximum absolute atomic E-state index is 10.6. The van der Waals surface area contributed by atoms with E-state index >= 15 is 0 Å². The van der Waals surface area contributed by atoms with E-state index in [0.717, 1.165) is 48.8 Å². The van der Waals surface area contributed by atoms with Crippen LogP contribution in [-0.4, -0.2) is 16.4 Å². The van der Waals surface area contributed by atoms with E-state index in [-0.39, 0.29) is 11.5 Å². The smallest absolute Gasteiger partial charge is 0.504 e. The zero-order chi connectivity index (χ0) is 14.4. The number of phenols is 1. The van der Waals surface area contributed by atoms with Gasteiger partial charge in [-0.1, -0.05) is 26.7 Å². The van der Waals surface area contributed by atoms with Crippen molar-refractivity contribution in [2.24, 2.45) is 0 Å². The molecule has 19 heavy (non-hydrogen) atoms. The molecule has 4 heteroatoms. The molecule has 106 valence electrons. The number of phenolic OH excluding ortho intramolecular Hbond substituents is 1. The number of rotatable bonds is 6. The van der Waals surface area contributed by atoms with Crippen LogP contribution >= 0.6 is 0 Å². The highest BCUT2D eigenvalue weighted by molar-refractivity contribution is 5.65. The minimum atomic E-state index is -1.40. The molecule has 0 spiro atoms. The van der Waals surface area contributed by atoms with Crippen molar-refractivity contribution in [1.29, 1.82) is 0 Å². The Balaban J connectivity index is 3.13. The summed E-state index contributed by atoms with van der Waals surface area (Å²) in [6, 6.07) is 1.61. The maximum Gasteiger partial charge on any atom is 0.511 e. The first-order chi connectivity index (χ1) is 9.01. The molecular weight excluding hydrogens is 244 g/mol. The lowest BCUT2D eigenvalue weighted by molar-refractivity contribution is 0.142. The monoisotopic (exact) mass is 266 g/mol. The van der Waals surface area contributed by atoms with Crippen LogP contribution in [0.2, 0.25) is 0 Å². The molecular formula is C15H22O4. The van der Waals surface area contributed by atoms with Crippen molar-refractivity contribution >= 4 is 6.16 Å². The average Bonchev–Trinajstić information content (AvgIpc) is 2.36. The number of carbonyl (C=O) groups is 1. The van der Waals surface area contributed by atoms with Gasteiger partial charge in [0.05, 0.1) is 0 Å². The van der Waals surface area contributed by atoms with Gasteiger partial charge in [0.25, 0.3) is 0 Å². The lowest BCUT2D eigenvalue weighted by Gasteiger charge is -2.15. The zero-order valence-corrected chi connectivity index (χ0v) is 11.8. The molecule has 0 heterocycles. The molecule has 0 amide bonds. The summed E-state index contributed by atoms with van der Waals surface area (Å²) in [5, 5.41) is 18.8. The molecule has 0 bridgehead atoms. The summed E-state index contributed by atoms with van der Waals surface area (Å²) in [4.78, 5) is 10.6. The fraction of sp³-hybridized carbons (Fsp3) is 0.533. The van der Waals surface area contributed by atoms with Crippen LogP contribution in [0.1, 0.15) is 49.8 Å². The van der Waals surface area contributed by atoms with Crippen molar-refractivity contribution in [2.45, 2.75) is 52.9 Å². The van der Waals surface area contributed by atoms with Gasteiger partial charge in [-0.25, -0.2) is 4.79 Å². The van der Waals surface area contributed by atoms with Gasteiger partial charge in [-0.05, 0) is 43.4 Å². The van der Waals surface area contributed by atoms with Crippen LogP contribution < -0.4 is 4.74 Å². The van der Waals surface area contributed by atoms with Crippen LogP contribution in [0, 0.1) is 6.92 Å². The molecule has 0 radical (unpaired) electrons. The topological polar surface area (TPSA) is 66.8 Å². The number of unbranched alkanes of at least 4 members (excludes halogenated alkanes) is 2. The number of aryl methyl sites for hydroxylation is 1. The van der Waals surface area contributed by atoms with E-state index < -0.39 is 6.16 Å². The summed E-state index contributed by atoms with van der Waals surface area (Å²) in [6.07, 6.45) is 3.29. The molecule has 0 aromatic heterocycles. The zero-order valence-electron chi connectivity index (χ0n) is 11.8. The third-order valence-electron chi connectivity index (χ3n) is 3.37. The molecule has 1 aromatic carbocycles. The lowest BCUT2D eigenvalue weighted by atomic mass is 9.95. The number of benzene rings is 1. The number of hydrogen-bond acceptors (Lipinski definition) is 3. The Hall–Kier alpha value is -1.71. The molecule has 0 saturated carbocycles. The van der Waals surface area contributed by atoms with E-state index in [0.29, 0.717) is 0 Å². The predicted octanol–water partition coefficient (Wildman–Crippen LogP) is 4.05. The Morgan fingerprint density at radius 1 is 1.32 bits per heavy atom. The van der Waals surface area contributed by atoms with Crippen molar-refractivity contribution in [1.82, 2.24) is 0 Å². The Labute approximate surface area is 114 Å². The second-order valence-electron chi connectivity index (χ2n) is 4.66. The molecule has 4 nitrogen and oxygen atoms in total. The summed E-state index contributed by atoms with van der Waals surface area (Å²) >= 11 is 0. The minimum absolute atomic E-state index is 0.0341. The first-order valence-electron chi connectivity index (χ1n) is 6.76. The second-order valence-corrected chi connectivity index (χ2v) is 4.66. The van der Waals surface area contributed by atoms with E-state index in [1.807, 2.05) is 13.8 Å². The van der Waals surface area contributed by atoms with E-state index in [4.69, 9.17) is 5.11 Å². The summed E-state index contributed by atoms with van der Waals surface area (Å²) in [6.45, 7) is 6.08. The number of ether oxygens (including phenoxy) is 1. The molecule has 0 atom stereocenters. The highest BCUT2D eigenvalue weighted by Crippen LogP contribution is 2.36. The normalized spacial score (nSPS) is 10.5. The molecule has 1 rings (SSSR count). The Kier molecular flexibility index (Phi) is 5.67. The Morgan fingerprint density at radius 2 is 2.00 bits per heavy atom. The van der Waals surface area contributed by atoms with Crippen LogP contribution in [0.4, 0.5) is 4.79 Å². The van der Waals surface area contributed by atoms with Gasteiger partial charge in [-0.2, -0.15) is 0 Å². The second kappa shape index (κ2) is 7.02. The summed E-state index contributed by atoms with van der Waals surface area (Å²) in [5.74, 6) is 0.00894. The quantitative estimate of drug-likeness (QED) is 0.463. The van der Waals surface area contributed by atoms with Crippen molar-refractivity contribution in [3.8, 4) is 11.5 Å². The largest absolute Gasteiger partial charge is 0.511 e. The van der Waals surface area contributed by atoms with Crippen molar-refractivity contribution in [3.05, 3.63) is 22.8 Å². The molecule has 0 saturated heterocycles. The van der Waals surface area contributed by atoms with E-state index in [2.05, 4.69) is 11.7 Å². The number of carboxylic acid groups (broad SMARTS) is 1. The first-order valence-corrected chi connectivity index (χ1v) is 6.76. The Morgan fingerprint density at radius 3 is 2.53 bits per heavy atom. The van der Waals surface area contributed by atoms with Crippen molar-refractivity contribution in [2.75, 3.05) is 0 Å². The van der Waals surface area contributed by atoms with Gasteiger partial charge < -0.3 is 14.9 Å². The van der Waals surface area contributed by atoms with Gasteiger partial charge in [-0.15, -0.1) is 0 Å². The van der Waals surface area contributed by atoms with Crippen molar-refractivity contribution < 1.29 is 19.7 Å². The maximum atomic E-state index is 10.6. The van der Waals surface area contributed by atoms with Gasteiger partial charge in [-0.3, -0.25) is 0 Å². The average molecular weight is 266 g/mol. The molecule has 0 unspecified atom stereocenters. The van der Waals surface area contributed by atoms with E-state index in [1.54, 1.807) is 6.07 Å². The van der Waals surface area contributed by atoms with E-state index in [1.165, 1.54) is 0 Å². The highest BCUT2D eigenvalue weighted by Gasteiger charge is 2.16. The van der Waals surface area contributed by atoms with Crippen LogP contribution in [0.15, 0.2) is 6.07 Å². The van der Waals surface area contributed by atoms with E-state index in [9.17, 15) is 9.90 Å². The third-order valence-corrected chi connectivity index (χ3v) is 3.37. The number of hydrogen-bond donors (Lipinski definition) is 2. The van der Waals surface area contributed by atoms with Gasteiger partial charge in [0.2, 0.25) is 0 Å². The molecule has 0 aliphatic carbocycles. The SMILES string of the molecule is CCCCCc1c(C)c(CC)cc(OC(=O)O)c1O. The van der Waals surface area contributed by atoms with Crippen LogP contribution in [0.5, 0.6) is 11.5 Å². The summed E-state index contributed by atoms with van der Waals surface area (Å²) in [7, 11) is 0. The number of aromatic hydroxyl groups is 1. The van der Waals surface area contributed by atoms with Gasteiger partial charge >= 0.3 is 6.16 Å². The fourth-order valence-corrected chi connectivity index (χ4v) is 2.25. The van der Waals surface area contributed by atoms with Gasteiger partial charge in [0.1, 0.15) is 0 Å². The van der Waals surface area contributed by atoms with Crippen LogP contribution in [0.3, 0.4) is 0 Å². The molecule has 0 fully saturated rings. The molecule has 2 N–H and O–H groups in total. The Bertz CT molecular complexity index is 452. The fourth-order valence-electron chi connectivity index (χ4n) is 2.25. The van der Waals surface area contributed by atoms with Crippen LogP contribution in [-0.2, 0) is 12.8 Å². The highest BCUT2D eigenvalue weighted by atomic mass is 16.7. The molecule has 0 aliphatic rings. The molecule has 0 aliphatic heterocycles. The summed E-state index contributed by atoms with van der Waals surface area (Å²) in [5.41, 5.74) is 2.86. The van der Waals surface area contributed by atoms with Crippen molar-refractivity contribution in [3.63, 3.8) is 0 Å². The van der Waals surface area contributed by atoms with Gasteiger partial charge in [0, 0.05) is 5.56 Å². The standard InChI is InChI=1S/C15H22O4/c1-4-6-7-8-12-10(3)11(5-2)9-13(14(12)16)19-15(17)18/h9,16H,4-8H2,1-3H3,(H,17,18). The van der Waals surface area contributed by atoms with Crippen LogP contribution in [0.25, 0.3) is 0 Å². The summed E-state index contributed by atoms with van der Waals surface area (Å²) < 4.78 is 4.66. The predicted molar refractivity (Wildman–Crippen MR) is 74.1 cm³/mol. The lowest BCUT2D eigenvalue weighted by Crippen LogP contribution is -2.06. The van der Waals surface area contributed by atoms with Gasteiger partial charge in [0.15, 0.2) is 11.5 Å². The minimum Gasteiger partial charge on any atom is -0.504 e. The third kappa shape index (κ3) is 3.88. The molecule has 1 aromatic rings.